The first kappa shape index (κ1) is 6.61. The summed E-state index contributed by atoms with van der Waals surface area (Å²) >= 11 is 0. The van der Waals surface area contributed by atoms with Gasteiger partial charge in [-0.2, -0.15) is 0 Å². The SMILES string of the molecule is C=Cc1ccoc1N=CN. The Morgan fingerprint density at radius 3 is 3.10 bits per heavy atom. The first-order valence-electron chi connectivity index (χ1n) is 2.82. The van der Waals surface area contributed by atoms with Crippen LogP contribution in [0.2, 0.25) is 0 Å². The molecule has 0 aliphatic heterocycles. The molecule has 3 nitrogen and oxygen atoms in total. The molecule has 0 fully saturated rings. The van der Waals surface area contributed by atoms with E-state index in [0.29, 0.717) is 5.88 Å². The number of furan rings is 1. The van der Waals surface area contributed by atoms with Crippen molar-refractivity contribution in [2.45, 2.75) is 0 Å². The minimum absolute atomic E-state index is 0.498. The lowest BCUT2D eigenvalue weighted by Gasteiger charge is -1.85. The normalized spacial score (nSPS) is 10.4. The Balaban J connectivity index is 3.00. The van der Waals surface area contributed by atoms with E-state index in [0.717, 1.165) is 5.56 Å². The van der Waals surface area contributed by atoms with Crippen molar-refractivity contribution in [1.29, 1.82) is 0 Å². The molecule has 52 valence electrons. The maximum atomic E-state index is 5.06. The van der Waals surface area contributed by atoms with E-state index in [1.807, 2.05) is 0 Å². The van der Waals surface area contributed by atoms with Crippen molar-refractivity contribution < 1.29 is 4.42 Å². The predicted octanol–water partition coefficient (Wildman–Crippen LogP) is 1.54. The fourth-order valence-electron chi connectivity index (χ4n) is 0.639. The monoisotopic (exact) mass is 136 g/mol. The van der Waals surface area contributed by atoms with Crippen LogP contribution in [0.25, 0.3) is 6.08 Å². The number of nitrogens with two attached hydrogens (primary N) is 1. The first-order chi connectivity index (χ1) is 4.88. The van der Waals surface area contributed by atoms with Crippen LogP contribution < -0.4 is 5.73 Å². The van der Waals surface area contributed by atoms with Crippen molar-refractivity contribution >= 4 is 18.3 Å². The van der Waals surface area contributed by atoms with Gasteiger partial charge in [0.15, 0.2) is 0 Å². The Labute approximate surface area is 58.9 Å². The molecule has 1 aromatic rings. The minimum atomic E-state index is 0.498. The fraction of sp³-hybridized carbons (Fsp3) is 0. The number of hydrogen-bond donors (Lipinski definition) is 1. The summed E-state index contributed by atoms with van der Waals surface area (Å²) in [6, 6.07) is 1.77. The Bertz CT molecular complexity index is 250. The molecule has 0 amide bonds. The number of hydrogen-bond acceptors (Lipinski definition) is 2. The molecule has 0 aliphatic carbocycles. The lowest BCUT2D eigenvalue weighted by Crippen LogP contribution is -1.85. The highest BCUT2D eigenvalue weighted by molar-refractivity contribution is 5.64. The van der Waals surface area contributed by atoms with Gasteiger partial charge in [-0.25, -0.2) is 4.99 Å². The van der Waals surface area contributed by atoms with Gasteiger partial charge in [0.25, 0.3) is 0 Å². The summed E-state index contributed by atoms with van der Waals surface area (Å²) in [5, 5.41) is 0. The topological polar surface area (TPSA) is 51.5 Å². The summed E-state index contributed by atoms with van der Waals surface area (Å²) in [6.07, 6.45) is 4.39. The Hall–Kier alpha value is -1.51. The van der Waals surface area contributed by atoms with Crippen molar-refractivity contribution in [2.24, 2.45) is 10.7 Å². The zero-order chi connectivity index (χ0) is 7.40. The fourth-order valence-corrected chi connectivity index (χ4v) is 0.639. The smallest absolute Gasteiger partial charge is 0.227 e. The molecule has 10 heavy (non-hydrogen) atoms. The summed E-state index contributed by atoms with van der Waals surface area (Å²) in [6.45, 7) is 3.57. The third-order valence-corrected chi connectivity index (χ3v) is 1.09. The van der Waals surface area contributed by atoms with Gasteiger partial charge in [-0.15, -0.1) is 0 Å². The van der Waals surface area contributed by atoms with Crippen LogP contribution in [0.3, 0.4) is 0 Å². The van der Waals surface area contributed by atoms with E-state index in [4.69, 9.17) is 10.2 Å². The standard InChI is InChI=1S/C7H8N2O/c1-2-6-3-4-10-7(6)9-5-8/h2-5H,1H2,(H2,8,9). The molecule has 0 saturated heterocycles. The second-order valence-corrected chi connectivity index (χ2v) is 1.66. The molecular weight excluding hydrogens is 128 g/mol. The summed E-state index contributed by atoms with van der Waals surface area (Å²) in [5.41, 5.74) is 5.91. The van der Waals surface area contributed by atoms with Gasteiger partial charge >= 0.3 is 0 Å². The van der Waals surface area contributed by atoms with Gasteiger partial charge in [-0.3, -0.25) is 0 Å². The molecule has 0 atom stereocenters. The Morgan fingerprint density at radius 2 is 2.50 bits per heavy atom. The van der Waals surface area contributed by atoms with E-state index in [1.54, 1.807) is 18.4 Å². The Morgan fingerprint density at radius 1 is 1.70 bits per heavy atom. The summed E-state index contributed by atoms with van der Waals surface area (Å²) in [5.74, 6) is 0.498. The quantitative estimate of drug-likeness (QED) is 0.495. The maximum Gasteiger partial charge on any atom is 0.227 e. The van der Waals surface area contributed by atoms with Crippen molar-refractivity contribution in [3.8, 4) is 0 Å². The van der Waals surface area contributed by atoms with Gasteiger partial charge in [-0.1, -0.05) is 12.7 Å². The highest BCUT2D eigenvalue weighted by atomic mass is 16.3. The summed E-state index contributed by atoms with van der Waals surface area (Å²) in [4.78, 5) is 3.75. The van der Waals surface area contributed by atoms with E-state index in [1.165, 1.54) is 6.34 Å². The second kappa shape index (κ2) is 2.87. The van der Waals surface area contributed by atoms with Crippen LogP contribution in [-0.2, 0) is 0 Å². The average Bonchev–Trinajstić information content (AvgIpc) is 2.36. The lowest BCUT2D eigenvalue weighted by atomic mass is 10.3. The van der Waals surface area contributed by atoms with Crippen LogP contribution in [0.1, 0.15) is 5.56 Å². The van der Waals surface area contributed by atoms with E-state index in [2.05, 4.69) is 11.6 Å². The van der Waals surface area contributed by atoms with Crippen molar-refractivity contribution in [3.05, 3.63) is 24.5 Å². The van der Waals surface area contributed by atoms with E-state index in [-0.39, 0.29) is 0 Å². The number of aliphatic imine (C=N–C) groups is 1. The van der Waals surface area contributed by atoms with Crippen LogP contribution in [0.5, 0.6) is 0 Å². The molecular formula is C7H8N2O. The van der Waals surface area contributed by atoms with Gasteiger partial charge in [0.2, 0.25) is 5.88 Å². The van der Waals surface area contributed by atoms with Crippen molar-refractivity contribution in [1.82, 2.24) is 0 Å². The van der Waals surface area contributed by atoms with Gasteiger partial charge < -0.3 is 10.2 Å². The average molecular weight is 136 g/mol. The molecule has 1 heterocycles. The molecule has 0 unspecified atom stereocenters. The molecule has 1 aromatic heterocycles. The molecule has 0 radical (unpaired) electrons. The minimum Gasteiger partial charge on any atom is -0.446 e. The maximum absolute atomic E-state index is 5.06. The summed E-state index contributed by atoms with van der Waals surface area (Å²) < 4.78 is 4.95. The van der Waals surface area contributed by atoms with E-state index >= 15 is 0 Å². The van der Waals surface area contributed by atoms with Gasteiger partial charge in [0, 0.05) is 5.56 Å². The molecule has 0 saturated carbocycles. The van der Waals surface area contributed by atoms with Crippen LogP contribution >= 0.6 is 0 Å². The number of rotatable bonds is 2. The highest BCUT2D eigenvalue weighted by Crippen LogP contribution is 2.19. The second-order valence-electron chi connectivity index (χ2n) is 1.66. The third-order valence-electron chi connectivity index (χ3n) is 1.09. The van der Waals surface area contributed by atoms with Gasteiger partial charge in [0.1, 0.15) is 0 Å². The third kappa shape index (κ3) is 1.07. The van der Waals surface area contributed by atoms with Gasteiger partial charge in [-0.05, 0) is 6.07 Å². The summed E-state index contributed by atoms with van der Waals surface area (Å²) in [7, 11) is 0. The molecule has 0 bridgehead atoms. The van der Waals surface area contributed by atoms with Gasteiger partial charge in [0.05, 0.1) is 12.6 Å². The van der Waals surface area contributed by atoms with Crippen molar-refractivity contribution in [2.75, 3.05) is 0 Å². The van der Waals surface area contributed by atoms with E-state index < -0.39 is 0 Å². The van der Waals surface area contributed by atoms with Crippen molar-refractivity contribution in [3.63, 3.8) is 0 Å². The van der Waals surface area contributed by atoms with Crippen LogP contribution in [0.15, 0.2) is 28.3 Å². The largest absolute Gasteiger partial charge is 0.446 e. The van der Waals surface area contributed by atoms with Crippen LogP contribution in [0, 0.1) is 0 Å². The molecule has 0 aromatic carbocycles. The Kier molecular flexibility index (Phi) is 1.89. The number of nitrogens with zero attached hydrogens (tertiary/aromatic N) is 1. The molecule has 0 spiro atoms. The highest BCUT2D eigenvalue weighted by Gasteiger charge is 1.97. The predicted molar refractivity (Wildman–Crippen MR) is 41.1 cm³/mol. The van der Waals surface area contributed by atoms with E-state index in [9.17, 15) is 0 Å². The lowest BCUT2D eigenvalue weighted by molar-refractivity contribution is 0.577. The zero-order valence-electron chi connectivity index (χ0n) is 5.45. The molecule has 0 aliphatic rings. The van der Waals surface area contributed by atoms with Crippen LogP contribution in [0.4, 0.5) is 5.88 Å². The first-order valence-corrected chi connectivity index (χ1v) is 2.82. The zero-order valence-corrected chi connectivity index (χ0v) is 5.45. The molecule has 1 rings (SSSR count). The van der Waals surface area contributed by atoms with Crippen LogP contribution in [-0.4, -0.2) is 6.34 Å². The molecule has 2 N–H and O–H groups in total. The molecule has 3 heteroatoms.